The monoisotopic (exact) mass is 415 g/mol. The molecule has 0 fully saturated rings. The van der Waals surface area contributed by atoms with Crippen LogP contribution in [0.4, 0.5) is 18.9 Å². The number of thiocarbonyl (C=S) groups is 1. The predicted octanol–water partition coefficient (Wildman–Crippen LogP) is 3.47. The summed E-state index contributed by atoms with van der Waals surface area (Å²) in [6.07, 6.45) is -3.30. The zero-order valence-corrected chi connectivity index (χ0v) is 15.0. The van der Waals surface area contributed by atoms with E-state index in [1.165, 1.54) is 25.5 Å². The van der Waals surface area contributed by atoms with Gasteiger partial charge in [-0.15, -0.1) is 0 Å². The summed E-state index contributed by atoms with van der Waals surface area (Å²) < 4.78 is 49.1. The number of ether oxygens (including phenoxy) is 2. The number of nitrogens with one attached hydrogen (secondary N) is 1. The molecular formula is C16H14F3N4O4S+. The highest BCUT2D eigenvalue weighted by Gasteiger charge is 2.34. The van der Waals surface area contributed by atoms with E-state index in [9.17, 15) is 18.1 Å². The molecule has 0 unspecified atom stereocenters. The summed E-state index contributed by atoms with van der Waals surface area (Å²) in [5, 5.41) is 12.9. The molecule has 0 saturated carbocycles. The van der Waals surface area contributed by atoms with Crippen LogP contribution >= 0.6 is 12.2 Å². The molecule has 0 aromatic heterocycles. The molecule has 0 spiro atoms. The molecule has 8 nitrogen and oxygen atoms in total. The second kappa shape index (κ2) is 8.52. The van der Waals surface area contributed by atoms with Gasteiger partial charge in [0.15, 0.2) is 16.6 Å². The van der Waals surface area contributed by atoms with Crippen LogP contribution in [0.2, 0.25) is 0 Å². The zero-order valence-electron chi connectivity index (χ0n) is 14.2. The Kier molecular flexibility index (Phi) is 6.36. The average Bonchev–Trinajstić information content (AvgIpc) is 2.61. The third-order valence-corrected chi connectivity index (χ3v) is 3.38. The quantitative estimate of drug-likeness (QED) is 0.377. The number of alkyl halides is 3. The van der Waals surface area contributed by atoms with Crippen molar-refractivity contribution in [2.45, 2.75) is 6.18 Å². The fraction of sp³-hybridized carbons (Fsp3) is 0.125. The number of hydrogen-bond acceptors (Lipinski definition) is 5. The summed E-state index contributed by atoms with van der Waals surface area (Å²) in [5.41, 5.74) is 6.34. The third kappa shape index (κ3) is 5.30. The molecular weight excluding hydrogens is 401 g/mol. The van der Waals surface area contributed by atoms with Crippen molar-refractivity contribution in [2.75, 3.05) is 7.11 Å². The van der Waals surface area contributed by atoms with Crippen molar-refractivity contribution in [1.29, 1.82) is 0 Å². The minimum atomic E-state index is -4.69. The normalized spacial score (nSPS) is 11.3. The van der Waals surface area contributed by atoms with Crippen LogP contribution in [-0.2, 0) is 6.18 Å². The molecule has 2 rings (SSSR count). The van der Waals surface area contributed by atoms with E-state index >= 15 is 0 Å². The highest BCUT2D eigenvalue weighted by Crippen LogP contribution is 2.39. The van der Waals surface area contributed by atoms with Crippen LogP contribution in [0, 0.1) is 4.91 Å². The summed E-state index contributed by atoms with van der Waals surface area (Å²) in [6, 6.07) is 6.61. The maximum atomic E-state index is 12.8. The first-order chi connectivity index (χ1) is 13.1. The van der Waals surface area contributed by atoms with Gasteiger partial charge in [0.1, 0.15) is 0 Å². The Labute approximate surface area is 161 Å². The highest BCUT2D eigenvalue weighted by atomic mass is 32.1. The summed E-state index contributed by atoms with van der Waals surface area (Å²) in [5.74, 6) is -0.0225. The van der Waals surface area contributed by atoms with Crippen LogP contribution < -0.4 is 20.6 Å². The Bertz CT molecular complexity index is 935. The first-order valence-electron chi connectivity index (χ1n) is 7.43. The first-order valence-corrected chi connectivity index (χ1v) is 7.84. The van der Waals surface area contributed by atoms with E-state index in [1.54, 1.807) is 6.07 Å². The molecule has 148 valence electrons. The predicted molar refractivity (Wildman–Crippen MR) is 97.1 cm³/mol. The van der Waals surface area contributed by atoms with Crippen molar-refractivity contribution in [3.8, 4) is 17.2 Å². The Hall–Kier alpha value is -3.41. The maximum absolute atomic E-state index is 12.8. The van der Waals surface area contributed by atoms with E-state index in [0.717, 1.165) is 12.1 Å². The Morgan fingerprint density at radius 2 is 1.93 bits per heavy atom. The van der Waals surface area contributed by atoms with E-state index in [2.05, 4.69) is 22.7 Å². The lowest BCUT2D eigenvalue weighted by Gasteiger charge is -2.12. The van der Waals surface area contributed by atoms with Gasteiger partial charge in [-0.1, -0.05) is 0 Å². The SMILES string of the molecule is COc1cc(/C=N/NC(N)=S)ccc1Oc1ccc(C(F)(F)F)cc1[N+](=O)O. The molecule has 2 aromatic carbocycles. The molecule has 28 heavy (non-hydrogen) atoms. The molecule has 0 heterocycles. The lowest BCUT2D eigenvalue weighted by molar-refractivity contribution is -0.730. The standard InChI is InChI=1S/C16H13F3N4O4S/c1-26-14-6-9(8-21-22-15(20)28)2-4-13(14)27-12-5-3-10(16(17,18)19)7-11(12)23(24)25/h2-8H,1H3,(H3-,20,22,24,25,28)/p+1/b21-8+. The van der Waals surface area contributed by atoms with Gasteiger partial charge >= 0.3 is 11.9 Å². The number of nitrogens with zero attached hydrogens (tertiary/aromatic N) is 2. The minimum absolute atomic E-state index is 0.0239. The lowest BCUT2D eigenvalue weighted by Crippen LogP contribution is -2.23. The van der Waals surface area contributed by atoms with E-state index < -0.39 is 22.4 Å². The molecule has 0 amide bonds. The Morgan fingerprint density at radius 1 is 1.25 bits per heavy atom. The number of rotatable bonds is 6. The molecule has 0 radical (unpaired) electrons. The smallest absolute Gasteiger partial charge is 0.416 e. The van der Waals surface area contributed by atoms with Crippen molar-refractivity contribution in [3.63, 3.8) is 0 Å². The third-order valence-electron chi connectivity index (χ3n) is 3.29. The first kappa shape index (κ1) is 20.9. The van der Waals surface area contributed by atoms with Crippen molar-refractivity contribution < 1.29 is 32.8 Å². The van der Waals surface area contributed by atoms with E-state index in [1.807, 2.05) is 0 Å². The molecule has 4 N–H and O–H groups in total. The molecule has 0 bridgehead atoms. The van der Waals surface area contributed by atoms with Crippen molar-refractivity contribution >= 4 is 29.2 Å². The van der Waals surface area contributed by atoms with E-state index in [4.69, 9.17) is 20.4 Å². The van der Waals surface area contributed by atoms with Gasteiger partial charge in [-0.2, -0.15) is 18.3 Å². The number of benzene rings is 2. The molecule has 2 aromatic rings. The maximum Gasteiger partial charge on any atom is 0.416 e. The second-order valence-electron chi connectivity index (χ2n) is 5.20. The second-order valence-corrected chi connectivity index (χ2v) is 5.64. The largest absolute Gasteiger partial charge is 0.493 e. The van der Waals surface area contributed by atoms with Crippen LogP contribution in [0.5, 0.6) is 17.2 Å². The van der Waals surface area contributed by atoms with Crippen LogP contribution in [0.25, 0.3) is 0 Å². The van der Waals surface area contributed by atoms with Gasteiger partial charge in [-0.25, -0.2) is 5.21 Å². The van der Waals surface area contributed by atoms with Gasteiger partial charge < -0.3 is 15.2 Å². The van der Waals surface area contributed by atoms with Crippen LogP contribution in [0.1, 0.15) is 11.1 Å². The fourth-order valence-corrected chi connectivity index (χ4v) is 2.12. The summed E-state index contributed by atoms with van der Waals surface area (Å²) >= 11 is 4.61. The molecule has 12 heteroatoms. The number of hydrazone groups is 1. The fourth-order valence-electron chi connectivity index (χ4n) is 2.07. The topological polar surface area (TPSA) is 109 Å². The molecule has 0 aliphatic carbocycles. The van der Waals surface area contributed by atoms with Gasteiger partial charge in [0.05, 0.1) is 23.8 Å². The van der Waals surface area contributed by atoms with Crippen LogP contribution in [0.15, 0.2) is 41.5 Å². The number of halogens is 3. The number of hydrogen-bond donors (Lipinski definition) is 3. The average molecular weight is 415 g/mol. The zero-order chi connectivity index (χ0) is 20.9. The Balaban J connectivity index is 2.35. The molecule has 0 aliphatic heterocycles. The van der Waals surface area contributed by atoms with E-state index in [-0.39, 0.29) is 22.4 Å². The highest BCUT2D eigenvalue weighted by molar-refractivity contribution is 7.80. The van der Waals surface area contributed by atoms with Crippen LogP contribution in [-0.4, -0.2) is 28.6 Å². The summed E-state index contributed by atoms with van der Waals surface area (Å²) in [4.78, 5) is 10.6. The van der Waals surface area contributed by atoms with Crippen molar-refractivity contribution in [2.24, 2.45) is 10.8 Å². The van der Waals surface area contributed by atoms with E-state index in [0.29, 0.717) is 11.6 Å². The van der Waals surface area contributed by atoms with Crippen molar-refractivity contribution in [3.05, 3.63) is 52.4 Å². The summed E-state index contributed by atoms with van der Waals surface area (Å²) in [6.45, 7) is 0. The summed E-state index contributed by atoms with van der Waals surface area (Å²) in [7, 11) is 1.34. The minimum Gasteiger partial charge on any atom is -0.493 e. The molecule has 0 aliphatic rings. The van der Waals surface area contributed by atoms with Gasteiger partial charge in [0, 0.05) is 6.07 Å². The lowest BCUT2D eigenvalue weighted by atomic mass is 10.1. The van der Waals surface area contributed by atoms with Gasteiger partial charge in [-0.3, -0.25) is 5.43 Å². The van der Waals surface area contributed by atoms with Gasteiger partial charge in [0.2, 0.25) is 5.75 Å². The number of methoxy groups -OCH3 is 1. The Morgan fingerprint density at radius 3 is 2.50 bits per heavy atom. The van der Waals surface area contributed by atoms with Gasteiger partial charge in [-0.05, 0) is 48.1 Å². The van der Waals surface area contributed by atoms with Crippen LogP contribution in [0.3, 0.4) is 0 Å². The number of nitrogens with two attached hydrogens (primary N) is 1. The van der Waals surface area contributed by atoms with Crippen molar-refractivity contribution in [1.82, 2.24) is 5.43 Å². The molecule has 0 atom stereocenters. The molecule has 0 saturated heterocycles. The van der Waals surface area contributed by atoms with Gasteiger partial charge in [0.25, 0.3) is 4.92 Å².